The van der Waals surface area contributed by atoms with Gasteiger partial charge in [0.2, 0.25) is 5.91 Å². The fourth-order valence-electron chi connectivity index (χ4n) is 2.59. The minimum Gasteiger partial charge on any atom is -0.497 e. The van der Waals surface area contributed by atoms with E-state index in [0.717, 1.165) is 0 Å². The van der Waals surface area contributed by atoms with Crippen LogP contribution in [0.2, 0.25) is 0 Å². The van der Waals surface area contributed by atoms with E-state index >= 15 is 0 Å². The van der Waals surface area contributed by atoms with Crippen LogP contribution in [0.3, 0.4) is 0 Å². The molecule has 5 nitrogen and oxygen atoms in total. The van der Waals surface area contributed by atoms with Gasteiger partial charge in [0.25, 0.3) is 0 Å². The van der Waals surface area contributed by atoms with Gasteiger partial charge in [0, 0.05) is 13.1 Å². The first-order valence-electron chi connectivity index (χ1n) is 7.28. The van der Waals surface area contributed by atoms with Crippen molar-refractivity contribution in [3.8, 4) is 5.75 Å². The number of benzene rings is 1. The molecule has 0 aliphatic carbocycles. The Bertz CT molecular complexity index is 641. The molecule has 0 aromatic heterocycles. The molecule has 0 bridgehead atoms. The van der Waals surface area contributed by atoms with E-state index in [9.17, 15) is 13.2 Å². The Labute approximate surface area is 131 Å². The summed E-state index contributed by atoms with van der Waals surface area (Å²) in [5.74, 6) is 0.577. The van der Waals surface area contributed by atoms with Gasteiger partial charge in [-0.1, -0.05) is 6.08 Å². The lowest BCUT2D eigenvalue weighted by Gasteiger charge is -2.31. The van der Waals surface area contributed by atoms with Crippen LogP contribution in [0.15, 0.2) is 41.3 Å². The number of sulfone groups is 1. The van der Waals surface area contributed by atoms with Crippen molar-refractivity contribution in [1.82, 2.24) is 4.90 Å². The highest BCUT2D eigenvalue weighted by Crippen LogP contribution is 2.26. The monoisotopic (exact) mass is 323 g/mol. The minimum atomic E-state index is -3.36. The van der Waals surface area contributed by atoms with E-state index in [4.69, 9.17) is 4.74 Å². The first kappa shape index (κ1) is 16.5. The minimum absolute atomic E-state index is 0.0530. The molecular formula is C16H21NO4S. The van der Waals surface area contributed by atoms with Crippen LogP contribution in [0, 0.1) is 0 Å². The summed E-state index contributed by atoms with van der Waals surface area (Å²) in [6.45, 7) is 2.74. The van der Waals surface area contributed by atoms with Crippen LogP contribution in [0.4, 0.5) is 0 Å². The highest BCUT2D eigenvalue weighted by molar-refractivity contribution is 7.92. The van der Waals surface area contributed by atoms with Gasteiger partial charge in [-0.15, -0.1) is 0 Å². The van der Waals surface area contributed by atoms with Crippen molar-refractivity contribution in [2.45, 2.75) is 29.9 Å². The largest absolute Gasteiger partial charge is 0.497 e. The van der Waals surface area contributed by atoms with E-state index in [1.165, 1.54) is 6.08 Å². The predicted octanol–water partition coefficient (Wildman–Crippen LogP) is 2.04. The van der Waals surface area contributed by atoms with Crippen LogP contribution in [0.25, 0.3) is 0 Å². The van der Waals surface area contributed by atoms with Crippen molar-refractivity contribution in [3.05, 3.63) is 36.4 Å². The second kappa shape index (κ2) is 6.96. The Morgan fingerprint density at radius 3 is 2.32 bits per heavy atom. The molecule has 0 radical (unpaired) electrons. The van der Waals surface area contributed by atoms with Crippen molar-refractivity contribution in [3.63, 3.8) is 0 Å². The van der Waals surface area contributed by atoms with Crippen molar-refractivity contribution < 1.29 is 17.9 Å². The van der Waals surface area contributed by atoms with Gasteiger partial charge >= 0.3 is 0 Å². The predicted molar refractivity (Wildman–Crippen MR) is 84.6 cm³/mol. The zero-order valence-corrected chi connectivity index (χ0v) is 13.7. The van der Waals surface area contributed by atoms with Crippen LogP contribution < -0.4 is 4.74 Å². The van der Waals surface area contributed by atoms with Gasteiger partial charge in [-0.05, 0) is 50.1 Å². The average Bonchev–Trinajstić information content (AvgIpc) is 2.55. The fourth-order valence-corrected chi connectivity index (χ4v) is 4.32. The number of hydrogen-bond donors (Lipinski definition) is 0. The summed E-state index contributed by atoms with van der Waals surface area (Å²) < 4.78 is 30.3. The van der Waals surface area contributed by atoms with Gasteiger partial charge in [-0.3, -0.25) is 4.79 Å². The van der Waals surface area contributed by atoms with Gasteiger partial charge in [0.15, 0.2) is 9.84 Å². The molecule has 120 valence electrons. The SMILES string of the molecule is C/C=C/C(=O)N1CCC(S(=O)(=O)c2ccc(OC)cc2)CC1. The van der Waals surface area contributed by atoms with Crippen LogP contribution in [-0.2, 0) is 14.6 Å². The molecule has 1 aromatic carbocycles. The summed E-state index contributed by atoms with van der Waals surface area (Å²) in [7, 11) is -1.82. The number of methoxy groups -OCH3 is 1. The van der Waals surface area contributed by atoms with Gasteiger partial charge in [-0.25, -0.2) is 8.42 Å². The number of nitrogens with zero attached hydrogens (tertiary/aromatic N) is 1. The zero-order chi connectivity index (χ0) is 16.2. The third kappa shape index (κ3) is 3.50. The molecular weight excluding hydrogens is 302 g/mol. The molecule has 0 saturated carbocycles. The number of ether oxygens (including phenoxy) is 1. The van der Waals surface area contributed by atoms with E-state index in [1.807, 2.05) is 0 Å². The number of carbonyl (C=O) groups is 1. The normalized spacial score (nSPS) is 16.9. The zero-order valence-electron chi connectivity index (χ0n) is 12.9. The summed E-state index contributed by atoms with van der Waals surface area (Å²) >= 11 is 0. The highest BCUT2D eigenvalue weighted by atomic mass is 32.2. The van der Waals surface area contributed by atoms with E-state index in [-0.39, 0.29) is 5.91 Å². The molecule has 1 amide bonds. The number of piperidine rings is 1. The second-order valence-electron chi connectivity index (χ2n) is 5.25. The summed E-state index contributed by atoms with van der Waals surface area (Å²) in [5.41, 5.74) is 0. The number of amides is 1. The van der Waals surface area contributed by atoms with Gasteiger partial charge in [0.05, 0.1) is 17.3 Å². The van der Waals surface area contributed by atoms with Crippen molar-refractivity contribution >= 4 is 15.7 Å². The van der Waals surface area contributed by atoms with E-state index in [0.29, 0.717) is 36.6 Å². The molecule has 1 heterocycles. The molecule has 1 aliphatic heterocycles. The number of allylic oxidation sites excluding steroid dienone is 1. The van der Waals surface area contributed by atoms with Gasteiger partial charge in [-0.2, -0.15) is 0 Å². The standard InChI is InChI=1S/C16H21NO4S/c1-3-4-16(18)17-11-9-15(10-12-17)22(19,20)14-7-5-13(21-2)6-8-14/h3-8,15H,9-12H2,1-2H3/b4-3+. The van der Waals surface area contributed by atoms with Crippen molar-refractivity contribution in [2.24, 2.45) is 0 Å². The maximum atomic E-state index is 12.6. The summed E-state index contributed by atoms with van der Waals surface area (Å²) in [6.07, 6.45) is 4.15. The first-order valence-corrected chi connectivity index (χ1v) is 8.83. The lowest BCUT2D eigenvalue weighted by Crippen LogP contribution is -2.41. The number of hydrogen-bond acceptors (Lipinski definition) is 4. The number of likely N-dealkylation sites (tertiary alicyclic amines) is 1. The van der Waals surface area contributed by atoms with Crippen LogP contribution in [0.1, 0.15) is 19.8 Å². The molecule has 0 N–H and O–H groups in total. The first-order chi connectivity index (χ1) is 10.5. The Morgan fingerprint density at radius 1 is 1.23 bits per heavy atom. The lowest BCUT2D eigenvalue weighted by molar-refractivity contribution is -0.126. The molecule has 2 rings (SSSR count). The van der Waals surface area contributed by atoms with Crippen LogP contribution >= 0.6 is 0 Å². The summed E-state index contributed by atoms with van der Waals surface area (Å²) in [5, 5.41) is -0.435. The molecule has 1 fully saturated rings. The van der Waals surface area contributed by atoms with Crippen molar-refractivity contribution in [2.75, 3.05) is 20.2 Å². The molecule has 0 spiro atoms. The molecule has 1 saturated heterocycles. The Kier molecular flexibility index (Phi) is 5.24. The molecule has 1 aliphatic rings. The Morgan fingerprint density at radius 2 is 1.82 bits per heavy atom. The number of carbonyl (C=O) groups excluding carboxylic acids is 1. The van der Waals surface area contributed by atoms with Crippen LogP contribution in [-0.4, -0.2) is 44.7 Å². The van der Waals surface area contributed by atoms with E-state index < -0.39 is 15.1 Å². The molecule has 1 aromatic rings. The third-order valence-corrected chi connectivity index (χ3v) is 6.17. The number of rotatable bonds is 4. The molecule has 0 atom stereocenters. The summed E-state index contributed by atoms with van der Waals surface area (Å²) in [6, 6.07) is 6.45. The Hall–Kier alpha value is -1.82. The topological polar surface area (TPSA) is 63.7 Å². The van der Waals surface area contributed by atoms with Crippen LogP contribution in [0.5, 0.6) is 5.75 Å². The van der Waals surface area contributed by atoms with E-state index in [2.05, 4.69) is 0 Å². The second-order valence-corrected chi connectivity index (χ2v) is 7.47. The quantitative estimate of drug-likeness (QED) is 0.796. The maximum Gasteiger partial charge on any atom is 0.246 e. The summed E-state index contributed by atoms with van der Waals surface area (Å²) in [4.78, 5) is 13.8. The maximum absolute atomic E-state index is 12.6. The molecule has 22 heavy (non-hydrogen) atoms. The van der Waals surface area contributed by atoms with Crippen molar-refractivity contribution in [1.29, 1.82) is 0 Å². The van der Waals surface area contributed by atoms with Gasteiger partial charge < -0.3 is 9.64 Å². The Balaban J connectivity index is 2.07. The molecule has 6 heteroatoms. The van der Waals surface area contributed by atoms with E-state index in [1.54, 1.807) is 49.3 Å². The third-order valence-electron chi connectivity index (χ3n) is 3.89. The van der Waals surface area contributed by atoms with Gasteiger partial charge in [0.1, 0.15) is 5.75 Å². The lowest BCUT2D eigenvalue weighted by atomic mass is 10.1. The smallest absolute Gasteiger partial charge is 0.246 e. The highest BCUT2D eigenvalue weighted by Gasteiger charge is 2.32. The fraction of sp³-hybridized carbons (Fsp3) is 0.438. The average molecular weight is 323 g/mol. The molecule has 0 unspecified atom stereocenters.